The molecule has 13 heavy (non-hydrogen) atoms. The number of hydrogen-bond donors (Lipinski definition) is 1. The number of Topliss-reactive ketones (excluding diaryl/α,β-unsaturated/α-hetero) is 1. The molecule has 0 spiro atoms. The maximum absolute atomic E-state index is 11.9. The van der Waals surface area contributed by atoms with Crippen LogP contribution < -0.4 is 0 Å². The van der Waals surface area contributed by atoms with Crippen LogP contribution in [0.5, 0.6) is 0 Å². The Balaban J connectivity index is 3.29. The molecule has 0 saturated carbocycles. The van der Waals surface area contributed by atoms with Crippen molar-refractivity contribution in [2.75, 3.05) is 0 Å². The van der Waals surface area contributed by atoms with Crippen LogP contribution in [0.2, 0.25) is 0 Å². The standard InChI is InChI=1S/C8H13Br2NO2/c1-6(2)5(12)8(9,10)7(3,4)11(6)13/h13H,1-4H3. The molecule has 0 atom stereocenters. The molecule has 1 aliphatic rings. The highest BCUT2D eigenvalue weighted by Gasteiger charge is 2.65. The van der Waals surface area contributed by atoms with E-state index in [1.54, 1.807) is 27.7 Å². The van der Waals surface area contributed by atoms with Crippen molar-refractivity contribution in [1.29, 1.82) is 0 Å². The summed E-state index contributed by atoms with van der Waals surface area (Å²) in [7, 11) is 0. The van der Waals surface area contributed by atoms with Crippen LogP contribution in [0.4, 0.5) is 0 Å². The van der Waals surface area contributed by atoms with Gasteiger partial charge in [-0.3, -0.25) is 4.79 Å². The highest BCUT2D eigenvalue weighted by atomic mass is 79.9. The van der Waals surface area contributed by atoms with Crippen molar-refractivity contribution in [1.82, 2.24) is 5.06 Å². The third kappa shape index (κ3) is 1.24. The van der Waals surface area contributed by atoms with Crippen LogP contribution in [-0.2, 0) is 4.79 Å². The molecule has 0 aromatic rings. The van der Waals surface area contributed by atoms with E-state index in [0.29, 0.717) is 0 Å². The van der Waals surface area contributed by atoms with Crippen molar-refractivity contribution in [3.63, 3.8) is 0 Å². The van der Waals surface area contributed by atoms with Gasteiger partial charge < -0.3 is 5.21 Å². The number of halogens is 2. The van der Waals surface area contributed by atoms with Crippen LogP contribution >= 0.6 is 31.9 Å². The fourth-order valence-corrected chi connectivity index (χ4v) is 2.90. The highest BCUT2D eigenvalue weighted by Crippen LogP contribution is 2.52. The number of carbonyl (C=O) groups is 1. The molecule has 1 aliphatic heterocycles. The summed E-state index contributed by atoms with van der Waals surface area (Å²) in [4.78, 5) is 11.9. The fraction of sp³-hybridized carbons (Fsp3) is 0.875. The zero-order chi connectivity index (χ0) is 10.7. The maximum atomic E-state index is 11.9. The Bertz CT molecular complexity index is 261. The Morgan fingerprint density at radius 2 is 1.62 bits per heavy atom. The van der Waals surface area contributed by atoms with Gasteiger partial charge >= 0.3 is 0 Å². The summed E-state index contributed by atoms with van der Waals surface area (Å²) in [6.07, 6.45) is 0. The highest BCUT2D eigenvalue weighted by molar-refractivity contribution is 9.26. The number of ketones is 1. The Kier molecular flexibility index (Phi) is 2.48. The van der Waals surface area contributed by atoms with Crippen molar-refractivity contribution >= 4 is 37.6 Å². The summed E-state index contributed by atoms with van der Waals surface area (Å²) in [5, 5.41) is 10.9. The van der Waals surface area contributed by atoms with Crippen LogP contribution in [-0.4, -0.2) is 30.4 Å². The molecular weight excluding hydrogens is 302 g/mol. The smallest absolute Gasteiger partial charge is 0.184 e. The molecule has 0 aromatic carbocycles. The van der Waals surface area contributed by atoms with Crippen LogP contribution in [0.15, 0.2) is 0 Å². The first kappa shape index (κ1) is 11.6. The summed E-state index contributed by atoms with van der Waals surface area (Å²) in [5.74, 6) is -0.0764. The number of rotatable bonds is 0. The largest absolute Gasteiger partial charge is 0.312 e. The lowest BCUT2D eigenvalue weighted by molar-refractivity contribution is -0.192. The predicted molar refractivity (Wildman–Crippen MR) is 57.4 cm³/mol. The molecule has 0 bridgehead atoms. The molecule has 0 amide bonds. The van der Waals surface area contributed by atoms with E-state index in [4.69, 9.17) is 0 Å². The third-order valence-corrected chi connectivity index (χ3v) is 5.33. The van der Waals surface area contributed by atoms with Gasteiger partial charge in [-0.1, -0.05) is 31.9 Å². The monoisotopic (exact) mass is 313 g/mol. The average Bonchev–Trinajstić information content (AvgIpc) is 2.05. The second-order valence-electron chi connectivity index (χ2n) is 4.33. The van der Waals surface area contributed by atoms with E-state index in [-0.39, 0.29) is 5.78 Å². The van der Waals surface area contributed by atoms with Crippen molar-refractivity contribution in [2.24, 2.45) is 0 Å². The van der Waals surface area contributed by atoms with Gasteiger partial charge in [-0.05, 0) is 27.7 Å². The Labute approximate surface area is 94.7 Å². The Morgan fingerprint density at radius 1 is 1.23 bits per heavy atom. The molecule has 1 rings (SSSR count). The first-order valence-electron chi connectivity index (χ1n) is 3.98. The third-order valence-electron chi connectivity index (χ3n) is 2.67. The second kappa shape index (κ2) is 2.78. The molecule has 0 aromatic heterocycles. The molecule has 76 valence electrons. The number of carbonyl (C=O) groups excluding carboxylic acids is 1. The van der Waals surface area contributed by atoms with Crippen LogP contribution in [0.25, 0.3) is 0 Å². The Hall–Kier alpha value is 0.550. The number of hydroxylamine groups is 2. The zero-order valence-electron chi connectivity index (χ0n) is 8.06. The van der Waals surface area contributed by atoms with Gasteiger partial charge in [0.1, 0.15) is 5.54 Å². The number of alkyl halides is 2. The summed E-state index contributed by atoms with van der Waals surface area (Å²) in [5.41, 5.74) is -1.54. The van der Waals surface area contributed by atoms with Gasteiger partial charge in [-0.25, -0.2) is 0 Å². The summed E-state index contributed by atoms with van der Waals surface area (Å²) >= 11 is 6.62. The van der Waals surface area contributed by atoms with Crippen molar-refractivity contribution in [3.05, 3.63) is 0 Å². The minimum Gasteiger partial charge on any atom is -0.312 e. The van der Waals surface area contributed by atoms with Gasteiger partial charge in [-0.15, -0.1) is 0 Å². The number of hydrogen-bond acceptors (Lipinski definition) is 3. The van der Waals surface area contributed by atoms with Crippen LogP contribution in [0.3, 0.4) is 0 Å². The minimum absolute atomic E-state index is 0.0764. The average molecular weight is 315 g/mol. The lowest BCUT2D eigenvalue weighted by Crippen LogP contribution is -2.49. The van der Waals surface area contributed by atoms with Gasteiger partial charge in [0.25, 0.3) is 0 Å². The van der Waals surface area contributed by atoms with Crippen molar-refractivity contribution in [3.8, 4) is 0 Å². The lowest BCUT2D eigenvalue weighted by Gasteiger charge is -2.35. The van der Waals surface area contributed by atoms with Gasteiger partial charge in [0.2, 0.25) is 0 Å². The first-order valence-corrected chi connectivity index (χ1v) is 5.57. The van der Waals surface area contributed by atoms with Gasteiger partial charge in [-0.2, -0.15) is 5.06 Å². The molecule has 1 N–H and O–H groups in total. The number of nitrogens with zero attached hydrogens (tertiary/aromatic N) is 1. The van der Waals surface area contributed by atoms with Crippen molar-refractivity contribution in [2.45, 2.75) is 42.0 Å². The molecule has 0 aliphatic carbocycles. The zero-order valence-corrected chi connectivity index (χ0v) is 11.2. The summed E-state index contributed by atoms with van der Waals surface area (Å²) in [6.45, 7) is 6.98. The van der Waals surface area contributed by atoms with E-state index >= 15 is 0 Å². The van der Waals surface area contributed by atoms with E-state index in [1.165, 1.54) is 0 Å². The maximum Gasteiger partial charge on any atom is 0.184 e. The van der Waals surface area contributed by atoms with Gasteiger partial charge in [0.15, 0.2) is 9.02 Å². The summed E-state index contributed by atoms with van der Waals surface area (Å²) in [6, 6.07) is 0. The predicted octanol–water partition coefficient (Wildman–Crippen LogP) is 2.30. The Morgan fingerprint density at radius 3 is 1.69 bits per heavy atom. The second-order valence-corrected chi connectivity index (χ2v) is 7.78. The molecule has 1 fully saturated rings. The molecule has 0 unspecified atom stereocenters. The van der Waals surface area contributed by atoms with E-state index in [2.05, 4.69) is 31.9 Å². The molecular formula is C8H13Br2NO2. The normalized spacial score (nSPS) is 30.8. The van der Waals surface area contributed by atoms with E-state index < -0.39 is 14.3 Å². The molecule has 3 nitrogen and oxygen atoms in total. The molecule has 5 heteroatoms. The van der Waals surface area contributed by atoms with E-state index in [0.717, 1.165) is 5.06 Å². The topological polar surface area (TPSA) is 40.5 Å². The van der Waals surface area contributed by atoms with Gasteiger partial charge in [0, 0.05) is 0 Å². The minimum atomic E-state index is -0.884. The molecule has 1 saturated heterocycles. The van der Waals surface area contributed by atoms with Crippen LogP contribution in [0.1, 0.15) is 27.7 Å². The quantitative estimate of drug-likeness (QED) is 0.698. The van der Waals surface area contributed by atoms with Crippen LogP contribution in [0, 0.1) is 0 Å². The fourth-order valence-electron chi connectivity index (χ4n) is 1.59. The van der Waals surface area contributed by atoms with E-state index in [9.17, 15) is 10.0 Å². The SMILES string of the molecule is CC1(C)C(=O)C(Br)(Br)C(C)(C)N1O. The lowest BCUT2D eigenvalue weighted by atomic mass is 9.99. The van der Waals surface area contributed by atoms with Gasteiger partial charge in [0.05, 0.1) is 5.54 Å². The molecule has 0 radical (unpaired) electrons. The van der Waals surface area contributed by atoms with Crippen molar-refractivity contribution < 1.29 is 10.0 Å². The van der Waals surface area contributed by atoms with E-state index in [1.807, 2.05) is 0 Å². The first-order chi connectivity index (χ1) is 5.56. The molecule has 1 heterocycles. The summed E-state index contributed by atoms with van der Waals surface area (Å²) < 4.78 is -0.884.